The van der Waals surface area contributed by atoms with Gasteiger partial charge in [-0.25, -0.2) is 0 Å². The molecule has 0 aliphatic carbocycles. The average molecular weight is 240 g/mol. The van der Waals surface area contributed by atoms with Crippen molar-refractivity contribution in [2.45, 2.75) is 64.9 Å². The first-order chi connectivity index (χ1) is 8.31. The predicted octanol–water partition coefficient (Wildman–Crippen LogP) is 3.26. The van der Waals surface area contributed by atoms with Crippen molar-refractivity contribution in [3.8, 4) is 6.07 Å². The lowest BCUT2D eigenvalue weighted by Crippen LogP contribution is -2.19. The molecule has 0 heterocycles. The van der Waals surface area contributed by atoms with E-state index in [0.717, 1.165) is 26.1 Å². The van der Waals surface area contributed by atoms with Crippen LogP contribution in [-0.4, -0.2) is 25.8 Å². The van der Waals surface area contributed by atoms with Crippen molar-refractivity contribution in [2.75, 3.05) is 19.7 Å². The van der Waals surface area contributed by atoms with Gasteiger partial charge in [-0.05, 0) is 26.3 Å². The molecular formula is C14H28N2O. The standard InChI is InChI=1S/C14H28N2O/c1-3-4-5-6-9-14(2)17-13-8-12-16-11-7-10-15/h14,16H,3-9,11-13H2,1-2H3. The van der Waals surface area contributed by atoms with Crippen LogP contribution in [0.3, 0.4) is 0 Å². The summed E-state index contributed by atoms with van der Waals surface area (Å²) < 4.78 is 5.72. The second-order valence-electron chi connectivity index (χ2n) is 4.54. The molecule has 1 N–H and O–H groups in total. The van der Waals surface area contributed by atoms with E-state index in [2.05, 4.69) is 25.2 Å². The van der Waals surface area contributed by atoms with Gasteiger partial charge in [0.15, 0.2) is 0 Å². The largest absolute Gasteiger partial charge is 0.378 e. The summed E-state index contributed by atoms with van der Waals surface area (Å²) in [6.45, 7) is 6.97. The lowest BCUT2D eigenvalue weighted by molar-refractivity contribution is 0.0570. The molecule has 0 aliphatic rings. The van der Waals surface area contributed by atoms with Crippen LogP contribution in [-0.2, 0) is 4.74 Å². The van der Waals surface area contributed by atoms with E-state index in [4.69, 9.17) is 10.00 Å². The number of hydrogen-bond donors (Lipinski definition) is 1. The summed E-state index contributed by atoms with van der Waals surface area (Å²) in [5.41, 5.74) is 0. The van der Waals surface area contributed by atoms with Gasteiger partial charge in [0.2, 0.25) is 0 Å². The van der Waals surface area contributed by atoms with Gasteiger partial charge in [0.1, 0.15) is 0 Å². The number of unbranched alkanes of at least 4 members (excludes halogenated alkanes) is 3. The molecule has 0 rings (SSSR count). The van der Waals surface area contributed by atoms with Crippen molar-refractivity contribution in [1.82, 2.24) is 5.32 Å². The number of nitriles is 1. The summed E-state index contributed by atoms with van der Waals surface area (Å²) in [6.07, 6.45) is 8.46. The minimum Gasteiger partial charge on any atom is -0.378 e. The highest BCUT2D eigenvalue weighted by atomic mass is 16.5. The third-order valence-corrected chi connectivity index (χ3v) is 2.78. The molecule has 0 amide bonds. The van der Waals surface area contributed by atoms with Crippen LogP contribution in [0.4, 0.5) is 0 Å². The Morgan fingerprint density at radius 3 is 2.71 bits per heavy atom. The van der Waals surface area contributed by atoms with Gasteiger partial charge in [-0.15, -0.1) is 0 Å². The highest BCUT2D eigenvalue weighted by Gasteiger charge is 2.01. The van der Waals surface area contributed by atoms with Crippen molar-refractivity contribution in [1.29, 1.82) is 5.26 Å². The van der Waals surface area contributed by atoms with E-state index in [1.807, 2.05) is 0 Å². The maximum Gasteiger partial charge on any atom is 0.0635 e. The molecule has 3 nitrogen and oxygen atoms in total. The lowest BCUT2D eigenvalue weighted by Gasteiger charge is -2.12. The van der Waals surface area contributed by atoms with Crippen LogP contribution in [0, 0.1) is 11.3 Å². The van der Waals surface area contributed by atoms with Crippen LogP contribution in [0.25, 0.3) is 0 Å². The average Bonchev–Trinajstić information content (AvgIpc) is 2.33. The minimum atomic E-state index is 0.394. The summed E-state index contributed by atoms with van der Waals surface area (Å²) in [6, 6.07) is 2.12. The highest BCUT2D eigenvalue weighted by molar-refractivity contribution is 4.69. The van der Waals surface area contributed by atoms with Gasteiger partial charge in [-0.3, -0.25) is 0 Å². The first-order valence-corrected chi connectivity index (χ1v) is 7.00. The van der Waals surface area contributed by atoms with E-state index >= 15 is 0 Å². The zero-order valence-electron chi connectivity index (χ0n) is 11.5. The van der Waals surface area contributed by atoms with Gasteiger partial charge in [0.05, 0.1) is 12.2 Å². The molecule has 0 aromatic carbocycles. The van der Waals surface area contributed by atoms with E-state index in [9.17, 15) is 0 Å². The third-order valence-electron chi connectivity index (χ3n) is 2.78. The van der Waals surface area contributed by atoms with E-state index in [0.29, 0.717) is 12.5 Å². The fourth-order valence-electron chi connectivity index (χ4n) is 1.69. The molecule has 0 saturated heterocycles. The molecule has 0 aliphatic heterocycles. The van der Waals surface area contributed by atoms with Crippen LogP contribution in [0.2, 0.25) is 0 Å². The van der Waals surface area contributed by atoms with E-state index in [1.54, 1.807) is 0 Å². The smallest absolute Gasteiger partial charge is 0.0635 e. The van der Waals surface area contributed by atoms with Gasteiger partial charge in [0.25, 0.3) is 0 Å². The predicted molar refractivity (Wildman–Crippen MR) is 71.9 cm³/mol. The molecule has 17 heavy (non-hydrogen) atoms. The zero-order chi connectivity index (χ0) is 12.8. The molecule has 0 aromatic heterocycles. The Balaban J connectivity index is 3.11. The Bertz CT molecular complexity index is 189. The van der Waals surface area contributed by atoms with Gasteiger partial charge in [-0.1, -0.05) is 32.6 Å². The van der Waals surface area contributed by atoms with Crippen LogP contribution in [0.1, 0.15) is 58.8 Å². The Hall–Kier alpha value is -0.590. The molecule has 0 saturated carbocycles. The van der Waals surface area contributed by atoms with Crippen LogP contribution >= 0.6 is 0 Å². The van der Waals surface area contributed by atoms with E-state index < -0.39 is 0 Å². The fourth-order valence-corrected chi connectivity index (χ4v) is 1.69. The second-order valence-corrected chi connectivity index (χ2v) is 4.54. The lowest BCUT2D eigenvalue weighted by atomic mass is 10.1. The van der Waals surface area contributed by atoms with Crippen LogP contribution in [0.5, 0.6) is 0 Å². The highest BCUT2D eigenvalue weighted by Crippen LogP contribution is 2.07. The summed E-state index contributed by atoms with van der Waals surface area (Å²) in [4.78, 5) is 0. The minimum absolute atomic E-state index is 0.394. The second kappa shape index (κ2) is 13.5. The summed E-state index contributed by atoms with van der Waals surface area (Å²) in [5.74, 6) is 0. The first-order valence-electron chi connectivity index (χ1n) is 7.00. The van der Waals surface area contributed by atoms with Gasteiger partial charge in [-0.2, -0.15) is 5.26 Å². The fraction of sp³-hybridized carbons (Fsp3) is 0.929. The molecule has 1 unspecified atom stereocenters. The van der Waals surface area contributed by atoms with Crippen molar-refractivity contribution < 1.29 is 4.74 Å². The molecule has 0 aromatic rings. The molecule has 0 spiro atoms. The molecule has 100 valence electrons. The van der Waals surface area contributed by atoms with Crippen molar-refractivity contribution in [2.24, 2.45) is 0 Å². The van der Waals surface area contributed by atoms with Crippen LogP contribution in [0.15, 0.2) is 0 Å². The maximum atomic E-state index is 8.35. The maximum absolute atomic E-state index is 8.35. The normalized spacial score (nSPS) is 12.3. The molecule has 0 radical (unpaired) electrons. The van der Waals surface area contributed by atoms with Gasteiger partial charge >= 0.3 is 0 Å². The monoisotopic (exact) mass is 240 g/mol. The van der Waals surface area contributed by atoms with Crippen LogP contribution < -0.4 is 5.32 Å². The molecule has 0 fully saturated rings. The number of nitrogens with one attached hydrogen (secondary N) is 1. The Morgan fingerprint density at radius 1 is 1.18 bits per heavy atom. The number of rotatable bonds is 12. The third kappa shape index (κ3) is 13.3. The summed E-state index contributed by atoms with van der Waals surface area (Å²) in [7, 11) is 0. The van der Waals surface area contributed by atoms with Crippen molar-refractivity contribution in [3.63, 3.8) is 0 Å². The number of nitrogens with zero attached hydrogens (tertiary/aromatic N) is 1. The Kier molecular flexibility index (Phi) is 13.0. The number of ether oxygens (including phenoxy) is 1. The SMILES string of the molecule is CCCCCCC(C)OCCCNCCC#N. The topological polar surface area (TPSA) is 45.0 Å². The zero-order valence-corrected chi connectivity index (χ0v) is 11.5. The van der Waals surface area contributed by atoms with Gasteiger partial charge in [0, 0.05) is 19.6 Å². The molecule has 3 heteroatoms. The Morgan fingerprint density at radius 2 is 2.00 bits per heavy atom. The van der Waals surface area contributed by atoms with E-state index in [-0.39, 0.29) is 0 Å². The molecule has 1 atom stereocenters. The Labute approximate surface area is 107 Å². The number of hydrogen-bond acceptors (Lipinski definition) is 3. The first kappa shape index (κ1) is 16.4. The summed E-state index contributed by atoms with van der Waals surface area (Å²) in [5, 5.41) is 11.6. The van der Waals surface area contributed by atoms with Crippen molar-refractivity contribution in [3.05, 3.63) is 0 Å². The van der Waals surface area contributed by atoms with Gasteiger partial charge < -0.3 is 10.1 Å². The molecular weight excluding hydrogens is 212 g/mol. The molecule has 0 bridgehead atoms. The van der Waals surface area contributed by atoms with E-state index in [1.165, 1.54) is 32.1 Å². The summed E-state index contributed by atoms with van der Waals surface area (Å²) >= 11 is 0. The quantitative estimate of drug-likeness (QED) is 0.533. The van der Waals surface area contributed by atoms with Crippen molar-refractivity contribution >= 4 is 0 Å².